The standard InChI is InChI=1S/C16H19NO/c1-16(2)11-18-15(10-17-16)14-9-5-7-12-6-3-4-8-13(12)14/h3-9,15,17H,10-11H2,1-2H3. The average molecular weight is 241 g/mol. The van der Waals surface area contributed by atoms with Crippen LogP contribution in [0.2, 0.25) is 0 Å². The van der Waals surface area contributed by atoms with Crippen LogP contribution in [0, 0.1) is 0 Å². The normalized spacial score (nSPS) is 23.1. The Morgan fingerprint density at radius 2 is 1.89 bits per heavy atom. The van der Waals surface area contributed by atoms with E-state index in [2.05, 4.69) is 61.6 Å². The van der Waals surface area contributed by atoms with E-state index in [4.69, 9.17) is 4.74 Å². The van der Waals surface area contributed by atoms with Crippen LogP contribution in [0.4, 0.5) is 0 Å². The first-order chi connectivity index (χ1) is 8.66. The predicted molar refractivity (Wildman–Crippen MR) is 74.7 cm³/mol. The zero-order valence-electron chi connectivity index (χ0n) is 10.9. The molecule has 0 bridgehead atoms. The molecule has 2 heteroatoms. The van der Waals surface area contributed by atoms with Gasteiger partial charge in [-0.05, 0) is 30.2 Å². The molecule has 1 unspecified atom stereocenters. The van der Waals surface area contributed by atoms with Crippen molar-refractivity contribution in [3.8, 4) is 0 Å². The molecule has 3 rings (SSSR count). The third-order valence-corrected chi connectivity index (χ3v) is 3.58. The Hall–Kier alpha value is -1.38. The lowest BCUT2D eigenvalue weighted by atomic mass is 9.97. The molecule has 94 valence electrons. The van der Waals surface area contributed by atoms with Gasteiger partial charge in [-0.25, -0.2) is 0 Å². The molecular weight excluding hydrogens is 222 g/mol. The molecular formula is C16H19NO. The molecule has 0 amide bonds. The van der Waals surface area contributed by atoms with Crippen LogP contribution >= 0.6 is 0 Å². The molecule has 1 N–H and O–H groups in total. The second kappa shape index (κ2) is 4.38. The van der Waals surface area contributed by atoms with Crippen molar-refractivity contribution in [1.82, 2.24) is 5.32 Å². The molecule has 0 radical (unpaired) electrons. The van der Waals surface area contributed by atoms with Gasteiger partial charge in [-0.1, -0.05) is 42.5 Å². The summed E-state index contributed by atoms with van der Waals surface area (Å²) < 4.78 is 6.02. The van der Waals surface area contributed by atoms with Crippen LogP contribution in [-0.4, -0.2) is 18.7 Å². The summed E-state index contributed by atoms with van der Waals surface area (Å²) in [6, 6.07) is 14.9. The van der Waals surface area contributed by atoms with Crippen LogP contribution in [0.5, 0.6) is 0 Å². The van der Waals surface area contributed by atoms with Crippen molar-refractivity contribution in [2.24, 2.45) is 0 Å². The molecule has 1 aliphatic heterocycles. The fraction of sp³-hybridized carbons (Fsp3) is 0.375. The lowest BCUT2D eigenvalue weighted by molar-refractivity contribution is -0.0221. The summed E-state index contributed by atoms with van der Waals surface area (Å²) in [5, 5.41) is 6.13. The number of ether oxygens (including phenoxy) is 1. The van der Waals surface area contributed by atoms with E-state index in [0.717, 1.165) is 13.2 Å². The lowest BCUT2D eigenvalue weighted by Gasteiger charge is -2.36. The van der Waals surface area contributed by atoms with E-state index in [1.807, 2.05) is 0 Å². The third kappa shape index (κ3) is 2.14. The van der Waals surface area contributed by atoms with Crippen LogP contribution in [0.25, 0.3) is 10.8 Å². The second-order valence-corrected chi connectivity index (χ2v) is 5.63. The van der Waals surface area contributed by atoms with Gasteiger partial charge < -0.3 is 10.1 Å². The summed E-state index contributed by atoms with van der Waals surface area (Å²) in [4.78, 5) is 0. The molecule has 2 aromatic carbocycles. The molecule has 0 spiro atoms. The first-order valence-corrected chi connectivity index (χ1v) is 6.50. The zero-order valence-corrected chi connectivity index (χ0v) is 10.9. The van der Waals surface area contributed by atoms with Crippen molar-refractivity contribution in [3.63, 3.8) is 0 Å². The average Bonchev–Trinajstić information content (AvgIpc) is 2.38. The van der Waals surface area contributed by atoms with E-state index < -0.39 is 0 Å². The molecule has 0 saturated carbocycles. The molecule has 0 aromatic heterocycles. The van der Waals surface area contributed by atoms with Gasteiger partial charge in [0.15, 0.2) is 0 Å². The Kier molecular flexibility index (Phi) is 2.84. The molecule has 2 nitrogen and oxygen atoms in total. The van der Waals surface area contributed by atoms with E-state index in [1.54, 1.807) is 0 Å². The highest BCUT2D eigenvalue weighted by molar-refractivity contribution is 5.86. The van der Waals surface area contributed by atoms with E-state index in [9.17, 15) is 0 Å². The van der Waals surface area contributed by atoms with Gasteiger partial charge in [0, 0.05) is 12.1 Å². The molecule has 1 saturated heterocycles. The number of rotatable bonds is 1. The van der Waals surface area contributed by atoms with Crippen LogP contribution < -0.4 is 5.32 Å². The van der Waals surface area contributed by atoms with Crippen molar-refractivity contribution in [3.05, 3.63) is 48.0 Å². The minimum absolute atomic E-state index is 0.0844. The number of benzene rings is 2. The summed E-state index contributed by atoms with van der Waals surface area (Å²) in [7, 11) is 0. The summed E-state index contributed by atoms with van der Waals surface area (Å²) in [5.74, 6) is 0. The van der Waals surface area contributed by atoms with Gasteiger partial charge in [-0.3, -0.25) is 0 Å². The molecule has 18 heavy (non-hydrogen) atoms. The summed E-state index contributed by atoms with van der Waals surface area (Å²) in [6.07, 6.45) is 0.157. The summed E-state index contributed by atoms with van der Waals surface area (Å²) in [6.45, 7) is 5.97. The summed E-state index contributed by atoms with van der Waals surface area (Å²) >= 11 is 0. The number of nitrogens with one attached hydrogen (secondary N) is 1. The summed E-state index contributed by atoms with van der Waals surface area (Å²) in [5.41, 5.74) is 1.37. The molecule has 1 atom stereocenters. The maximum atomic E-state index is 6.02. The SMILES string of the molecule is CC1(C)COC(c2cccc3ccccc23)CN1. The van der Waals surface area contributed by atoms with Gasteiger partial charge in [0.25, 0.3) is 0 Å². The van der Waals surface area contributed by atoms with Gasteiger partial charge in [-0.15, -0.1) is 0 Å². The maximum absolute atomic E-state index is 6.02. The predicted octanol–water partition coefficient (Wildman–Crippen LogP) is 3.28. The second-order valence-electron chi connectivity index (χ2n) is 5.63. The highest BCUT2D eigenvalue weighted by atomic mass is 16.5. The van der Waals surface area contributed by atoms with Gasteiger partial charge in [0.2, 0.25) is 0 Å². The lowest BCUT2D eigenvalue weighted by Crippen LogP contribution is -2.50. The van der Waals surface area contributed by atoms with Crippen molar-refractivity contribution >= 4 is 10.8 Å². The van der Waals surface area contributed by atoms with E-state index in [0.29, 0.717) is 0 Å². The third-order valence-electron chi connectivity index (χ3n) is 3.58. The Labute approximate surface area is 108 Å². The van der Waals surface area contributed by atoms with Crippen molar-refractivity contribution < 1.29 is 4.74 Å². The topological polar surface area (TPSA) is 21.3 Å². The largest absolute Gasteiger partial charge is 0.370 e. The zero-order chi connectivity index (χ0) is 12.6. The Morgan fingerprint density at radius 3 is 2.67 bits per heavy atom. The quantitative estimate of drug-likeness (QED) is 0.827. The number of morpholine rings is 1. The van der Waals surface area contributed by atoms with Crippen molar-refractivity contribution in [1.29, 1.82) is 0 Å². The fourth-order valence-electron chi connectivity index (χ4n) is 2.52. The molecule has 1 heterocycles. The number of hydrogen-bond acceptors (Lipinski definition) is 2. The van der Waals surface area contributed by atoms with Gasteiger partial charge in [-0.2, -0.15) is 0 Å². The van der Waals surface area contributed by atoms with Gasteiger partial charge in [0.05, 0.1) is 12.7 Å². The van der Waals surface area contributed by atoms with Crippen molar-refractivity contribution in [2.45, 2.75) is 25.5 Å². The van der Waals surface area contributed by atoms with Crippen molar-refractivity contribution in [2.75, 3.05) is 13.2 Å². The first kappa shape index (κ1) is 11.7. The molecule has 0 aliphatic carbocycles. The molecule has 2 aromatic rings. The van der Waals surface area contributed by atoms with Gasteiger partial charge in [0.1, 0.15) is 0 Å². The van der Waals surface area contributed by atoms with E-state index >= 15 is 0 Å². The highest BCUT2D eigenvalue weighted by Crippen LogP contribution is 2.29. The smallest absolute Gasteiger partial charge is 0.0956 e. The molecule has 1 fully saturated rings. The van der Waals surface area contributed by atoms with Crippen LogP contribution in [-0.2, 0) is 4.74 Å². The van der Waals surface area contributed by atoms with E-state index in [-0.39, 0.29) is 11.6 Å². The van der Waals surface area contributed by atoms with Gasteiger partial charge >= 0.3 is 0 Å². The molecule has 1 aliphatic rings. The Morgan fingerprint density at radius 1 is 1.11 bits per heavy atom. The maximum Gasteiger partial charge on any atom is 0.0956 e. The first-order valence-electron chi connectivity index (χ1n) is 6.50. The Balaban J connectivity index is 1.96. The monoisotopic (exact) mass is 241 g/mol. The van der Waals surface area contributed by atoms with Crippen LogP contribution in [0.1, 0.15) is 25.5 Å². The fourth-order valence-corrected chi connectivity index (χ4v) is 2.52. The number of fused-ring (bicyclic) bond motifs is 1. The minimum atomic E-state index is 0.0844. The highest BCUT2D eigenvalue weighted by Gasteiger charge is 2.28. The minimum Gasteiger partial charge on any atom is -0.370 e. The van der Waals surface area contributed by atoms with E-state index in [1.165, 1.54) is 16.3 Å². The van der Waals surface area contributed by atoms with Crippen LogP contribution in [0.15, 0.2) is 42.5 Å². The van der Waals surface area contributed by atoms with Crippen LogP contribution in [0.3, 0.4) is 0 Å². The number of hydrogen-bond donors (Lipinski definition) is 1. The Bertz CT molecular complexity index is 547.